The summed E-state index contributed by atoms with van der Waals surface area (Å²) < 4.78 is 13.9. The van der Waals surface area contributed by atoms with E-state index in [-0.39, 0.29) is 17.6 Å². The van der Waals surface area contributed by atoms with Gasteiger partial charge in [-0.25, -0.2) is 9.37 Å². The Kier molecular flexibility index (Phi) is 8.62. The molecule has 2 amide bonds. The van der Waals surface area contributed by atoms with Crippen LogP contribution in [0.25, 0.3) is 0 Å². The Morgan fingerprint density at radius 2 is 1.50 bits per heavy atom. The fourth-order valence-corrected chi connectivity index (χ4v) is 5.52. The van der Waals surface area contributed by atoms with E-state index in [2.05, 4.69) is 44.4 Å². The Morgan fingerprint density at radius 1 is 0.842 bits per heavy atom. The van der Waals surface area contributed by atoms with Crippen molar-refractivity contribution in [2.24, 2.45) is 0 Å². The number of halogens is 1. The molecule has 0 unspecified atom stereocenters. The highest BCUT2D eigenvalue weighted by Crippen LogP contribution is 2.23. The van der Waals surface area contributed by atoms with E-state index < -0.39 is 0 Å². The molecule has 0 radical (unpaired) electrons. The lowest BCUT2D eigenvalue weighted by molar-refractivity contribution is -0.134. The first kappa shape index (κ1) is 26.3. The normalized spacial score (nSPS) is 17.0. The SMILES string of the molecule is O=C(CN1CCN(C(=O)c2csc(Nc3ccccc3F)n2)CC1)N1CCN(CCc2ccccc2)CC1. The second-order valence-electron chi connectivity index (χ2n) is 9.67. The lowest BCUT2D eigenvalue weighted by Crippen LogP contribution is -2.54. The fraction of sp³-hybridized carbons (Fsp3) is 0.393. The van der Waals surface area contributed by atoms with E-state index in [4.69, 9.17) is 0 Å². The largest absolute Gasteiger partial charge is 0.339 e. The Morgan fingerprint density at radius 3 is 2.24 bits per heavy atom. The average molecular weight is 537 g/mol. The minimum absolute atomic E-state index is 0.138. The van der Waals surface area contributed by atoms with Gasteiger partial charge in [0.2, 0.25) is 5.91 Å². The standard InChI is InChI=1S/C28H33FN6O2S/c29-23-8-4-5-9-24(23)30-28-31-25(21-38-28)27(37)35-18-14-33(15-19-35)20-26(36)34-16-12-32(13-17-34)11-10-22-6-2-1-3-7-22/h1-9,21H,10-20H2,(H,30,31). The number of rotatable bonds is 8. The fourth-order valence-electron chi connectivity index (χ4n) is 4.82. The van der Waals surface area contributed by atoms with Crippen molar-refractivity contribution >= 4 is 34.0 Å². The van der Waals surface area contributed by atoms with Gasteiger partial charge in [0.1, 0.15) is 11.5 Å². The Labute approximate surface area is 226 Å². The summed E-state index contributed by atoms with van der Waals surface area (Å²) in [5.74, 6) is -0.345. The van der Waals surface area contributed by atoms with Crippen LogP contribution in [0.1, 0.15) is 16.1 Å². The van der Waals surface area contributed by atoms with Crippen molar-refractivity contribution in [1.29, 1.82) is 0 Å². The van der Waals surface area contributed by atoms with Crippen LogP contribution in [0.3, 0.4) is 0 Å². The molecule has 1 aromatic heterocycles. The third kappa shape index (κ3) is 6.75. The van der Waals surface area contributed by atoms with Crippen LogP contribution in [0.15, 0.2) is 60.0 Å². The van der Waals surface area contributed by atoms with Crippen molar-refractivity contribution in [2.75, 3.05) is 70.8 Å². The van der Waals surface area contributed by atoms with Crippen molar-refractivity contribution in [3.05, 3.63) is 77.1 Å². The molecule has 1 N–H and O–H groups in total. The summed E-state index contributed by atoms with van der Waals surface area (Å²) in [5.41, 5.74) is 2.02. The number of nitrogens with zero attached hydrogens (tertiary/aromatic N) is 5. The lowest BCUT2D eigenvalue weighted by Gasteiger charge is -2.38. The van der Waals surface area contributed by atoms with E-state index in [0.717, 1.165) is 39.1 Å². The molecule has 3 heterocycles. The summed E-state index contributed by atoms with van der Waals surface area (Å²) in [5, 5.41) is 5.11. The summed E-state index contributed by atoms with van der Waals surface area (Å²) in [7, 11) is 0. The number of hydrogen-bond donors (Lipinski definition) is 1. The molecular weight excluding hydrogens is 503 g/mol. The minimum Gasteiger partial charge on any atom is -0.339 e. The number of carbonyl (C=O) groups is 2. The van der Waals surface area contributed by atoms with Crippen molar-refractivity contribution in [3.8, 4) is 0 Å². The highest BCUT2D eigenvalue weighted by molar-refractivity contribution is 7.14. The van der Waals surface area contributed by atoms with Crippen LogP contribution in [0.2, 0.25) is 0 Å². The van der Waals surface area contributed by atoms with Gasteiger partial charge in [-0.15, -0.1) is 11.3 Å². The van der Waals surface area contributed by atoms with Gasteiger partial charge in [0.25, 0.3) is 5.91 Å². The zero-order valence-electron chi connectivity index (χ0n) is 21.4. The molecule has 2 aromatic carbocycles. The Hall–Kier alpha value is -3.34. The molecular formula is C28H33FN6O2S. The van der Waals surface area contributed by atoms with Crippen molar-refractivity contribution in [2.45, 2.75) is 6.42 Å². The van der Waals surface area contributed by atoms with E-state index in [1.165, 1.54) is 23.0 Å². The number of nitrogens with one attached hydrogen (secondary N) is 1. The van der Waals surface area contributed by atoms with Crippen LogP contribution in [0.4, 0.5) is 15.2 Å². The van der Waals surface area contributed by atoms with Crippen molar-refractivity contribution in [3.63, 3.8) is 0 Å². The molecule has 0 saturated carbocycles. The molecule has 2 fully saturated rings. The zero-order valence-corrected chi connectivity index (χ0v) is 22.2. The molecule has 0 bridgehead atoms. The van der Waals surface area contributed by atoms with Gasteiger partial charge >= 0.3 is 0 Å². The highest BCUT2D eigenvalue weighted by Gasteiger charge is 2.27. The maximum atomic E-state index is 13.9. The number of amides is 2. The topological polar surface area (TPSA) is 72.0 Å². The van der Waals surface area contributed by atoms with Gasteiger partial charge in [0.15, 0.2) is 5.13 Å². The molecule has 38 heavy (non-hydrogen) atoms. The molecule has 10 heteroatoms. The molecule has 2 saturated heterocycles. The van der Waals surface area contributed by atoms with Crippen LogP contribution in [-0.4, -0.2) is 102 Å². The summed E-state index contributed by atoms with van der Waals surface area (Å²) in [4.78, 5) is 38.5. The third-order valence-corrected chi connectivity index (χ3v) is 7.90. The van der Waals surface area contributed by atoms with Gasteiger partial charge in [-0.1, -0.05) is 42.5 Å². The summed E-state index contributed by atoms with van der Waals surface area (Å²) in [6.45, 7) is 7.14. The van der Waals surface area contributed by atoms with Crippen LogP contribution in [0.5, 0.6) is 0 Å². The molecule has 2 aliphatic heterocycles. The minimum atomic E-state index is -0.369. The van der Waals surface area contributed by atoms with Crippen LogP contribution in [-0.2, 0) is 11.2 Å². The van der Waals surface area contributed by atoms with Crippen LogP contribution >= 0.6 is 11.3 Å². The summed E-state index contributed by atoms with van der Waals surface area (Å²) in [6, 6.07) is 16.9. The van der Waals surface area contributed by atoms with Crippen molar-refractivity contribution < 1.29 is 14.0 Å². The second-order valence-corrected chi connectivity index (χ2v) is 10.5. The van der Waals surface area contributed by atoms with Crippen LogP contribution in [0, 0.1) is 5.82 Å². The van der Waals surface area contributed by atoms with E-state index in [1.807, 2.05) is 11.0 Å². The van der Waals surface area contributed by atoms with Crippen LogP contribution < -0.4 is 5.32 Å². The predicted octanol–water partition coefficient (Wildman–Crippen LogP) is 3.17. The van der Waals surface area contributed by atoms with Gasteiger partial charge < -0.3 is 15.1 Å². The van der Waals surface area contributed by atoms with Crippen molar-refractivity contribution in [1.82, 2.24) is 24.6 Å². The number of piperazine rings is 2. The molecule has 3 aromatic rings. The first-order valence-electron chi connectivity index (χ1n) is 13.1. The quantitative estimate of drug-likeness (QED) is 0.477. The maximum absolute atomic E-state index is 13.9. The first-order chi connectivity index (χ1) is 18.5. The van der Waals surface area contributed by atoms with E-state index in [9.17, 15) is 14.0 Å². The first-order valence-corrected chi connectivity index (χ1v) is 14.0. The second kappa shape index (κ2) is 12.5. The zero-order chi connectivity index (χ0) is 26.3. The summed E-state index contributed by atoms with van der Waals surface area (Å²) in [6.07, 6.45) is 1.03. The number of aromatic nitrogens is 1. The average Bonchev–Trinajstić information content (AvgIpc) is 3.42. The van der Waals surface area contributed by atoms with Gasteiger partial charge in [0.05, 0.1) is 12.2 Å². The number of benzene rings is 2. The highest BCUT2D eigenvalue weighted by atomic mass is 32.1. The smallest absolute Gasteiger partial charge is 0.273 e. The molecule has 200 valence electrons. The monoisotopic (exact) mass is 536 g/mol. The van der Waals surface area contributed by atoms with Gasteiger partial charge in [-0.2, -0.15) is 0 Å². The number of hydrogen-bond acceptors (Lipinski definition) is 7. The van der Waals surface area contributed by atoms with E-state index >= 15 is 0 Å². The molecule has 0 spiro atoms. The Bertz CT molecular complexity index is 1220. The Balaban J connectivity index is 1.03. The maximum Gasteiger partial charge on any atom is 0.273 e. The molecule has 0 atom stereocenters. The number of carbonyl (C=O) groups excluding carboxylic acids is 2. The summed E-state index contributed by atoms with van der Waals surface area (Å²) >= 11 is 1.27. The molecule has 8 nitrogen and oxygen atoms in total. The molecule has 5 rings (SSSR count). The van der Waals surface area contributed by atoms with Gasteiger partial charge in [-0.3, -0.25) is 19.4 Å². The predicted molar refractivity (Wildman–Crippen MR) is 147 cm³/mol. The lowest BCUT2D eigenvalue weighted by atomic mass is 10.1. The van der Waals surface area contributed by atoms with Gasteiger partial charge in [-0.05, 0) is 24.1 Å². The molecule has 0 aliphatic carbocycles. The van der Waals surface area contributed by atoms with Gasteiger partial charge in [0, 0.05) is 64.3 Å². The van der Waals surface area contributed by atoms with E-state index in [0.29, 0.717) is 49.2 Å². The van der Waals surface area contributed by atoms with E-state index in [1.54, 1.807) is 28.5 Å². The number of thiazole rings is 1. The number of para-hydroxylation sites is 1. The third-order valence-electron chi connectivity index (χ3n) is 7.14. The molecule has 2 aliphatic rings. The number of anilines is 2.